The van der Waals surface area contributed by atoms with Crippen LogP contribution in [0.3, 0.4) is 0 Å². The van der Waals surface area contributed by atoms with Crippen LogP contribution in [-0.4, -0.2) is 4.98 Å². The fourth-order valence-electron chi connectivity index (χ4n) is 0.723. The Morgan fingerprint density at radius 2 is 2.17 bits per heavy atom. The zero-order valence-electron chi connectivity index (χ0n) is 5.96. The van der Waals surface area contributed by atoms with Gasteiger partial charge in [-0.25, -0.2) is 13.8 Å². The van der Waals surface area contributed by atoms with Crippen molar-refractivity contribution in [1.82, 2.24) is 4.98 Å². The summed E-state index contributed by atoms with van der Waals surface area (Å²) in [5, 5.41) is 8.34. The average Bonchev–Trinajstić information content (AvgIpc) is 2.05. The first-order valence-electron chi connectivity index (χ1n) is 3.10. The van der Waals surface area contributed by atoms with E-state index in [0.29, 0.717) is 0 Å². The van der Waals surface area contributed by atoms with Crippen molar-refractivity contribution in [1.29, 1.82) is 5.26 Å². The fourth-order valence-corrected chi connectivity index (χ4v) is 0.723. The minimum absolute atomic E-state index is 0.0560. The molecular formula is C7H5F2N3. The molecule has 0 unspecified atom stereocenters. The minimum atomic E-state index is -2.74. The predicted octanol–water partition coefficient (Wildman–Crippen LogP) is 1.47. The lowest BCUT2D eigenvalue weighted by atomic mass is 10.2. The van der Waals surface area contributed by atoms with Gasteiger partial charge in [-0.2, -0.15) is 5.26 Å². The summed E-state index contributed by atoms with van der Waals surface area (Å²) < 4.78 is 24.2. The van der Waals surface area contributed by atoms with E-state index in [1.165, 1.54) is 12.1 Å². The lowest BCUT2D eigenvalue weighted by molar-refractivity contribution is 0.147. The van der Waals surface area contributed by atoms with E-state index in [1.807, 2.05) is 0 Å². The number of anilines is 1. The lowest BCUT2D eigenvalue weighted by Crippen LogP contribution is -1.99. The number of nitriles is 1. The van der Waals surface area contributed by atoms with E-state index in [2.05, 4.69) is 4.98 Å². The zero-order valence-corrected chi connectivity index (χ0v) is 5.96. The van der Waals surface area contributed by atoms with Crippen LogP contribution < -0.4 is 5.73 Å². The molecule has 1 aromatic rings. The summed E-state index contributed by atoms with van der Waals surface area (Å²) in [4.78, 5) is 3.35. The number of nitrogen functional groups attached to an aromatic ring is 1. The Morgan fingerprint density at radius 1 is 1.50 bits per heavy atom. The van der Waals surface area contributed by atoms with Crippen molar-refractivity contribution in [2.45, 2.75) is 6.43 Å². The van der Waals surface area contributed by atoms with E-state index >= 15 is 0 Å². The van der Waals surface area contributed by atoms with Crippen LogP contribution in [0, 0.1) is 11.3 Å². The maximum atomic E-state index is 12.1. The van der Waals surface area contributed by atoms with Crippen molar-refractivity contribution in [3.8, 4) is 6.07 Å². The second kappa shape index (κ2) is 3.13. The molecule has 0 radical (unpaired) electrons. The molecule has 0 fully saturated rings. The van der Waals surface area contributed by atoms with Crippen molar-refractivity contribution in [2.24, 2.45) is 0 Å². The van der Waals surface area contributed by atoms with Gasteiger partial charge in [0.2, 0.25) is 0 Å². The molecule has 1 rings (SSSR count). The Labute approximate surface area is 67.4 Å². The van der Waals surface area contributed by atoms with E-state index in [1.54, 1.807) is 6.07 Å². The topological polar surface area (TPSA) is 62.7 Å². The molecule has 0 aliphatic heterocycles. The third-order valence-corrected chi connectivity index (χ3v) is 1.28. The third kappa shape index (κ3) is 1.48. The molecule has 0 saturated heterocycles. The van der Waals surface area contributed by atoms with Crippen molar-refractivity contribution in [3.63, 3.8) is 0 Å². The lowest BCUT2D eigenvalue weighted by Gasteiger charge is -2.01. The molecule has 62 valence electrons. The number of rotatable bonds is 1. The molecule has 0 bridgehead atoms. The van der Waals surface area contributed by atoms with Crippen molar-refractivity contribution in [2.75, 3.05) is 5.73 Å². The van der Waals surface area contributed by atoms with Gasteiger partial charge in [-0.3, -0.25) is 0 Å². The largest absolute Gasteiger partial charge is 0.397 e. The molecule has 0 aliphatic carbocycles. The van der Waals surface area contributed by atoms with Gasteiger partial charge in [0.15, 0.2) is 0 Å². The Hall–Kier alpha value is -1.70. The van der Waals surface area contributed by atoms with E-state index in [0.717, 1.165) is 0 Å². The molecule has 0 amide bonds. The number of halogens is 2. The van der Waals surface area contributed by atoms with Crippen molar-refractivity contribution in [3.05, 3.63) is 23.5 Å². The van der Waals surface area contributed by atoms with Crippen LogP contribution in [-0.2, 0) is 0 Å². The SMILES string of the molecule is N#Cc1ccc(N)c(C(F)F)n1. The molecule has 0 atom stereocenters. The van der Waals surface area contributed by atoms with E-state index in [9.17, 15) is 8.78 Å². The monoisotopic (exact) mass is 169 g/mol. The van der Waals surface area contributed by atoms with Gasteiger partial charge in [0, 0.05) is 0 Å². The quantitative estimate of drug-likeness (QED) is 0.692. The highest BCUT2D eigenvalue weighted by molar-refractivity contribution is 5.45. The normalized spacial score (nSPS) is 9.83. The standard InChI is InChI=1S/C7H5F2N3/c8-7(9)6-5(11)2-1-4(3-10)12-6/h1-2,7H,11H2. The first kappa shape index (κ1) is 8.40. The van der Waals surface area contributed by atoms with Crippen LogP contribution in [0.5, 0.6) is 0 Å². The summed E-state index contributed by atoms with van der Waals surface area (Å²) in [5.41, 5.74) is 4.51. The predicted molar refractivity (Wildman–Crippen MR) is 38.3 cm³/mol. The van der Waals surface area contributed by atoms with Crippen LogP contribution in [0.15, 0.2) is 12.1 Å². The molecule has 2 N–H and O–H groups in total. The fraction of sp³-hybridized carbons (Fsp3) is 0.143. The molecule has 1 aromatic heterocycles. The first-order valence-corrected chi connectivity index (χ1v) is 3.10. The number of hydrogen-bond acceptors (Lipinski definition) is 3. The summed E-state index contributed by atoms with van der Waals surface area (Å²) >= 11 is 0. The van der Waals surface area contributed by atoms with Gasteiger partial charge in [0.05, 0.1) is 5.69 Å². The third-order valence-electron chi connectivity index (χ3n) is 1.28. The summed E-state index contributed by atoms with van der Waals surface area (Å²) in [5.74, 6) is 0. The Balaban J connectivity index is 3.19. The highest BCUT2D eigenvalue weighted by Crippen LogP contribution is 2.22. The van der Waals surface area contributed by atoms with Crippen molar-refractivity contribution >= 4 is 5.69 Å². The van der Waals surface area contributed by atoms with E-state index in [4.69, 9.17) is 11.0 Å². The van der Waals surface area contributed by atoms with Gasteiger partial charge in [-0.1, -0.05) is 0 Å². The van der Waals surface area contributed by atoms with Gasteiger partial charge in [-0.05, 0) is 12.1 Å². The zero-order chi connectivity index (χ0) is 9.14. The van der Waals surface area contributed by atoms with Crippen LogP contribution in [0.25, 0.3) is 0 Å². The number of nitrogens with zero attached hydrogens (tertiary/aromatic N) is 2. The number of hydrogen-bond donors (Lipinski definition) is 1. The van der Waals surface area contributed by atoms with Gasteiger partial charge < -0.3 is 5.73 Å². The molecule has 12 heavy (non-hydrogen) atoms. The number of aromatic nitrogens is 1. The number of nitrogens with two attached hydrogens (primary N) is 1. The average molecular weight is 169 g/mol. The summed E-state index contributed by atoms with van der Waals surface area (Å²) in [6.45, 7) is 0. The Morgan fingerprint density at radius 3 is 2.67 bits per heavy atom. The molecule has 0 spiro atoms. The second-order valence-corrected chi connectivity index (χ2v) is 2.08. The highest BCUT2D eigenvalue weighted by atomic mass is 19.3. The smallest absolute Gasteiger partial charge is 0.282 e. The number of alkyl halides is 2. The molecule has 5 heteroatoms. The highest BCUT2D eigenvalue weighted by Gasteiger charge is 2.13. The van der Waals surface area contributed by atoms with Gasteiger partial charge in [-0.15, -0.1) is 0 Å². The second-order valence-electron chi connectivity index (χ2n) is 2.08. The van der Waals surface area contributed by atoms with Gasteiger partial charge >= 0.3 is 0 Å². The molecule has 1 heterocycles. The maximum absolute atomic E-state index is 12.1. The van der Waals surface area contributed by atoms with Gasteiger partial charge in [0.25, 0.3) is 6.43 Å². The molecular weight excluding hydrogens is 164 g/mol. The molecule has 0 aliphatic rings. The summed E-state index contributed by atoms with van der Waals surface area (Å²) in [6, 6.07) is 4.19. The Kier molecular flexibility index (Phi) is 2.19. The first-order chi connectivity index (χ1) is 5.65. The van der Waals surface area contributed by atoms with Crippen LogP contribution in [0.2, 0.25) is 0 Å². The number of pyridine rings is 1. The molecule has 0 saturated carbocycles. The van der Waals surface area contributed by atoms with Crippen molar-refractivity contribution < 1.29 is 8.78 Å². The molecule has 3 nitrogen and oxygen atoms in total. The summed E-state index contributed by atoms with van der Waals surface area (Å²) in [7, 11) is 0. The molecule has 0 aromatic carbocycles. The van der Waals surface area contributed by atoms with E-state index < -0.39 is 12.1 Å². The van der Waals surface area contributed by atoms with Crippen LogP contribution in [0.1, 0.15) is 17.8 Å². The Bertz CT molecular complexity index is 330. The van der Waals surface area contributed by atoms with Crippen LogP contribution >= 0.6 is 0 Å². The maximum Gasteiger partial charge on any atom is 0.282 e. The minimum Gasteiger partial charge on any atom is -0.397 e. The summed E-state index contributed by atoms with van der Waals surface area (Å²) in [6.07, 6.45) is -2.74. The van der Waals surface area contributed by atoms with Crippen LogP contribution in [0.4, 0.5) is 14.5 Å². The van der Waals surface area contributed by atoms with E-state index in [-0.39, 0.29) is 11.4 Å². The van der Waals surface area contributed by atoms with Gasteiger partial charge in [0.1, 0.15) is 17.5 Å².